The van der Waals surface area contributed by atoms with Crippen LogP contribution in [-0.4, -0.2) is 30.3 Å². The summed E-state index contributed by atoms with van der Waals surface area (Å²) in [5, 5.41) is 10.5. The lowest BCUT2D eigenvalue weighted by Gasteiger charge is -2.09. The van der Waals surface area contributed by atoms with Crippen molar-refractivity contribution in [2.24, 2.45) is 0 Å². The van der Waals surface area contributed by atoms with E-state index >= 15 is 0 Å². The minimum Gasteiger partial charge on any atom is -0.493 e. The summed E-state index contributed by atoms with van der Waals surface area (Å²) in [6.45, 7) is 0.346. The van der Waals surface area contributed by atoms with E-state index < -0.39 is 0 Å². The third-order valence-electron chi connectivity index (χ3n) is 2.54. The van der Waals surface area contributed by atoms with Gasteiger partial charge in [0.05, 0.1) is 14.2 Å². The molecule has 0 atom stereocenters. The van der Waals surface area contributed by atoms with Crippen LogP contribution in [0.15, 0.2) is 18.2 Å². The molecule has 0 saturated heterocycles. The molecule has 20 heavy (non-hydrogen) atoms. The maximum atomic E-state index is 11.8. The maximum absolute atomic E-state index is 11.8. The highest BCUT2D eigenvalue weighted by Gasteiger charge is 2.11. The van der Waals surface area contributed by atoms with Crippen LogP contribution in [0.1, 0.15) is 15.4 Å². The number of nitrogens with one attached hydrogen (secondary N) is 1. The largest absolute Gasteiger partial charge is 0.493 e. The van der Waals surface area contributed by atoms with Crippen LogP contribution in [0.2, 0.25) is 0 Å². The molecule has 8 heteroatoms. The van der Waals surface area contributed by atoms with Crippen molar-refractivity contribution in [3.05, 3.63) is 28.8 Å². The standard InChI is InChI=1S/C12H14N4O3S/c1-18-8-4-3-7(5-9(8)19-2)6-14-10(17)11-15-16-12(13)20-11/h3-5H,6H2,1-2H3,(H2,13,16)(H,14,17). The predicted octanol–water partition coefficient (Wildman–Crippen LogP) is 1.07. The number of nitrogens with two attached hydrogens (primary N) is 1. The lowest BCUT2D eigenvalue weighted by atomic mass is 10.2. The van der Waals surface area contributed by atoms with Crippen molar-refractivity contribution in [2.75, 3.05) is 20.0 Å². The smallest absolute Gasteiger partial charge is 0.282 e. The third kappa shape index (κ3) is 3.15. The molecule has 0 bridgehead atoms. The van der Waals surface area contributed by atoms with Gasteiger partial charge in [0.1, 0.15) is 0 Å². The first-order valence-electron chi connectivity index (χ1n) is 5.72. The average Bonchev–Trinajstić information content (AvgIpc) is 2.91. The second kappa shape index (κ2) is 6.20. The van der Waals surface area contributed by atoms with E-state index in [-0.39, 0.29) is 16.0 Å². The van der Waals surface area contributed by atoms with Gasteiger partial charge < -0.3 is 20.5 Å². The van der Waals surface area contributed by atoms with Gasteiger partial charge >= 0.3 is 0 Å². The van der Waals surface area contributed by atoms with E-state index in [4.69, 9.17) is 15.2 Å². The van der Waals surface area contributed by atoms with Gasteiger partial charge in [0.25, 0.3) is 5.91 Å². The molecule has 0 saturated carbocycles. The SMILES string of the molecule is COc1ccc(CNC(=O)c2nnc(N)s2)cc1OC. The number of nitrogen functional groups attached to an aromatic ring is 1. The van der Waals surface area contributed by atoms with Gasteiger partial charge in [0.15, 0.2) is 11.5 Å². The first-order chi connectivity index (χ1) is 9.63. The number of hydrogen-bond acceptors (Lipinski definition) is 7. The Morgan fingerprint density at radius 1 is 1.30 bits per heavy atom. The van der Waals surface area contributed by atoms with Gasteiger partial charge in [0, 0.05) is 6.54 Å². The van der Waals surface area contributed by atoms with Crippen LogP contribution in [0.25, 0.3) is 0 Å². The summed E-state index contributed by atoms with van der Waals surface area (Å²) in [5.74, 6) is 0.938. The van der Waals surface area contributed by atoms with Crippen molar-refractivity contribution in [3.63, 3.8) is 0 Å². The molecule has 0 fully saturated rings. The highest BCUT2D eigenvalue weighted by atomic mass is 32.1. The van der Waals surface area contributed by atoms with Gasteiger partial charge in [-0.3, -0.25) is 4.79 Å². The molecule has 1 aromatic carbocycles. The topological polar surface area (TPSA) is 99.4 Å². The number of amides is 1. The van der Waals surface area contributed by atoms with Crippen molar-refractivity contribution in [2.45, 2.75) is 6.54 Å². The number of ether oxygens (including phenoxy) is 2. The number of nitrogens with zero attached hydrogens (tertiary/aromatic N) is 2. The van der Waals surface area contributed by atoms with Crippen molar-refractivity contribution in [1.29, 1.82) is 0 Å². The summed E-state index contributed by atoms with van der Waals surface area (Å²) in [5.41, 5.74) is 6.31. The highest BCUT2D eigenvalue weighted by Crippen LogP contribution is 2.27. The molecule has 0 radical (unpaired) electrons. The summed E-state index contributed by atoms with van der Waals surface area (Å²) >= 11 is 1.04. The predicted molar refractivity (Wildman–Crippen MR) is 75.0 cm³/mol. The van der Waals surface area contributed by atoms with Crippen LogP contribution < -0.4 is 20.5 Å². The molecule has 3 N–H and O–H groups in total. The number of hydrogen-bond donors (Lipinski definition) is 2. The molecule has 0 aliphatic carbocycles. The first-order valence-corrected chi connectivity index (χ1v) is 6.53. The van der Waals surface area contributed by atoms with E-state index in [0.717, 1.165) is 16.9 Å². The molecule has 0 aliphatic rings. The zero-order valence-corrected chi connectivity index (χ0v) is 11.9. The summed E-state index contributed by atoms with van der Waals surface area (Å²) in [4.78, 5) is 11.8. The summed E-state index contributed by atoms with van der Waals surface area (Å²) in [7, 11) is 3.13. The van der Waals surface area contributed by atoms with Crippen LogP contribution in [-0.2, 0) is 6.54 Å². The zero-order chi connectivity index (χ0) is 14.5. The Balaban J connectivity index is 2.02. The first kappa shape index (κ1) is 14.1. The van der Waals surface area contributed by atoms with Crippen molar-refractivity contribution >= 4 is 22.4 Å². The summed E-state index contributed by atoms with van der Waals surface area (Å²) in [6.07, 6.45) is 0. The molecule has 106 valence electrons. The van der Waals surface area contributed by atoms with Crippen molar-refractivity contribution < 1.29 is 14.3 Å². The van der Waals surface area contributed by atoms with Crippen LogP contribution in [0, 0.1) is 0 Å². The Morgan fingerprint density at radius 2 is 2.05 bits per heavy atom. The second-order valence-corrected chi connectivity index (χ2v) is 4.83. The Morgan fingerprint density at radius 3 is 2.65 bits per heavy atom. The monoisotopic (exact) mass is 294 g/mol. The van der Waals surface area contributed by atoms with Gasteiger partial charge in [-0.2, -0.15) is 0 Å². The molecular formula is C12H14N4O3S. The van der Waals surface area contributed by atoms with E-state index in [1.165, 1.54) is 0 Å². The number of aromatic nitrogens is 2. The minimum absolute atomic E-state index is 0.239. The minimum atomic E-state index is -0.311. The number of rotatable bonds is 5. The van der Waals surface area contributed by atoms with E-state index in [9.17, 15) is 4.79 Å². The molecule has 1 amide bonds. The second-order valence-electron chi connectivity index (χ2n) is 3.82. The quantitative estimate of drug-likeness (QED) is 0.855. The van der Waals surface area contributed by atoms with Crippen LogP contribution in [0.4, 0.5) is 5.13 Å². The number of carbonyl (C=O) groups excluding carboxylic acids is 1. The van der Waals surface area contributed by atoms with Gasteiger partial charge in [0.2, 0.25) is 10.1 Å². The van der Waals surface area contributed by atoms with Gasteiger partial charge in [-0.1, -0.05) is 17.4 Å². The molecule has 7 nitrogen and oxygen atoms in total. The number of carbonyl (C=O) groups is 1. The summed E-state index contributed by atoms with van der Waals surface area (Å²) < 4.78 is 10.3. The van der Waals surface area contributed by atoms with Gasteiger partial charge in [-0.15, -0.1) is 10.2 Å². The highest BCUT2D eigenvalue weighted by molar-refractivity contribution is 7.16. The molecule has 0 spiro atoms. The van der Waals surface area contributed by atoms with Crippen molar-refractivity contribution in [3.8, 4) is 11.5 Å². The molecule has 1 heterocycles. The van der Waals surface area contributed by atoms with E-state index in [1.807, 2.05) is 6.07 Å². The summed E-state index contributed by atoms with van der Waals surface area (Å²) in [6, 6.07) is 5.42. The average molecular weight is 294 g/mol. The van der Waals surface area contributed by atoms with Crippen LogP contribution >= 0.6 is 11.3 Å². The Bertz CT molecular complexity index is 614. The Kier molecular flexibility index (Phi) is 4.36. The molecule has 2 rings (SSSR count). The molecule has 0 unspecified atom stereocenters. The van der Waals surface area contributed by atoms with Crippen LogP contribution in [0.3, 0.4) is 0 Å². The molecule has 1 aromatic heterocycles. The fourth-order valence-corrected chi connectivity index (χ4v) is 2.10. The van der Waals surface area contributed by atoms with Crippen LogP contribution in [0.5, 0.6) is 11.5 Å². The van der Waals surface area contributed by atoms with E-state index in [2.05, 4.69) is 15.5 Å². The number of methoxy groups -OCH3 is 2. The maximum Gasteiger partial charge on any atom is 0.282 e. The third-order valence-corrected chi connectivity index (χ3v) is 3.29. The fraction of sp³-hybridized carbons (Fsp3) is 0.250. The van der Waals surface area contributed by atoms with E-state index in [0.29, 0.717) is 18.0 Å². The van der Waals surface area contributed by atoms with Gasteiger partial charge in [-0.05, 0) is 17.7 Å². The number of anilines is 1. The molecular weight excluding hydrogens is 280 g/mol. The molecule has 0 aliphatic heterocycles. The van der Waals surface area contributed by atoms with Gasteiger partial charge in [-0.25, -0.2) is 0 Å². The Hall–Kier alpha value is -2.35. The number of benzene rings is 1. The zero-order valence-electron chi connectivity index (χ0n) is 11.0. The fourth-order valence-electron chi connectivity index (χ4n) is 1.57. The molecule has 2 aromatic rings. The lowest BCUT2D eigenvalue weighted by Crippen LogP contribution is -2.22. The van der Waals surface area contributed by atoms with E-state index in [1.54, 1.807) is 26.4 Å². The van der Waals surface area contributed by atoms with Crippen molar-refractivity contribution in [1.82, 2.24) is 15.5 Å². The lowest BCUT2D eigenvalue weighted by molar-refractivity contribution is 0.0950. The normalized spacial score (nSPS) is 10.1. The Labute approximate surface area is 119 Å².